The highest BCUT2D eigenvalue weighted by atomic mass is 16.5. The molecule has 0 unspecified atom stereocenters. The lowest BCUT2D eigenvalue weighted by Crippen LogP contribution is -2.30. The van der Waals surface area contributed by atoms with Gasteiger partial charge in [-0.05, 0) is 63.1 Å². The van der Waals surface area contributed by atoms with Crippen molar-refractivity contribution in [2.75, 3.05) is 7.11 Å². The highest BCUT2D eigenvalue weighted by molar-refractivity contribution is 6.05. The van der Waals surface area contributed by atoms with Crippen LogP contribution < -0.4 is 9.47 Å². The molecule has 2 aliphatic carbocycles. The number of nitrogens with zero attached hydrogens (tertiary/aromatic N) is 1. The summed E-state index contributed by atoms with van der Waals surface area (Å²) in [5, 5.41) is 10.5. The number of carboxylic acids is 1. The fourth-order valence-corrected chi connectivity index (χ4v) is 5.37. The molecule has 0 atom stereocenters. The highest BCUT2D eigenvalue weighted by Crippen LogP contribution is 2.51. The molecule has 1 aromatic heterocycles. The molecule has 0 radical (unpaired) electrons. The van der Waals surface area contributed by atoms with Crippen molar-refractivity contribution in [1.29, 1.82) is 0 Å². The summed E-state index contributed by atoms with van der Waals surface area (Å²) in [4.78, 5) is 11.9. The van der Waals surface area contributed by atoms with Gasteiger partial charge in [-0.3, -0.25) is 0 Å². The van der Waals surface area contributed by atoms with Crippen LogP contribution in [-0.2, 0) is 0 Å². The predicted octanol–water partition coefficient (Wildman–Crippen LogP) is 5.36. The van der Waals surface area contributed by atoms with Crippen molar-refractivity contribution in [3.63, 3.8) is 0 Å². The molecule has 0 spiro atoms. The maximum Gasteiger partial charge on any atom is 0.338 e. The van der Waals surface area contributed by atoms with Crippen molar-refractivity contribution in [2.24, 2.45) is 5.92 Å². The largest absolute Gasteiger partial charge is 0.493 e. The Morgan fingerprint density at radius 3 is 2.55 bits per heavy atom. The van der Waals surface area contributed by atoms with Gasteiger partial charge in [0.05, 0.1) is 18.2 Å². The Kier molecular flexibility index (Phi) is 4.09. The number of carboxylic acid groups (broad SMARTS) is 1. The van der Waals surface area contributed by atoms with Crippen molar-refractivity contribution in [3.8, 4) is 17.2 Å². The molecular formula is C24H25NO4. The van der Waals surface area contributed by atoms with Crippen LogP contribution in [0.25, 0.3) is 16.6 Å². The van der Waals surface area contributed by atoms with Crippen molar-refractivity contribution >= 4 is 16.9 Å². The van der Waals surface area contributed by atoms with Crippen molar-refractivity contribution in [1.82, 2.24) is 4.57 Å². The van der Waals surface area contributed by atoms with Gasteiger partial charge in [-0.15, -0.1) is 0 Å². The second-order valence-electron chi connectivity index (χ2n) is 8.39. The molecule has 29 heavy (non-hydrogen) atoms. The highest BCUT2D eigenvalue weighted by Gasteiger charge is 2.47. The third-order valence-electron chi connectivity index (χ3n) is 6.73. The minimum absolute atomic E-state index is 0.0728. The van der Waals surface area contributed by atoms with E-state index in [-0.39, 0.29) is 5.60 Å². The zero-order valence-electron chi connectivity index (χ0n) is 16.8. The molecule has 1 heterocycles. The number of hydrogen-bond acceptors (Lipinski definition) is 3. The Labute approximate surface area is 169 Å². The molecule has 2 saturated carbocycles. The molecule has 0 saturated heterocycles. The minimum Gasteiger partial charge on any atom is -0.493 e. The number of rotatable bonds is 5. The van der Waals surface area contributed by atoms with Gasteiger partial charge in [0, 0.05) is 22.8 Å². The number of hydrogen-bond donors (Lipinski definition) is 1. The van der Waals surface area contributed by atoms with Gasteiger partial charge in [0.15, 0.2) is 11.5 Å². The van der Waals surface area contributed by atoms with Crippen LogP contribution in [0.2, 0.25) is 0 Å². The zero-order valence-corrected chi connectivity index (χ0v) is 16.8. The van der Waals surface area contributed by atoms with E-state index in [0.29, 0.717) is 17.0 Å². The molecule has 150 valence electrons. The summed E-state index contributed by atoms with van der Waals surface area (Å²) in [5.74, 6) is 1.33. The van der Waals surface area contributed by atoms with Gasteiger partial charge >= 0.3 is 5.97 Å². The summed E-state index contributed by atoms with van der Waals surface area (Å²) in [6, 6.07) is 13.5. The Balaban J connectivity index is 1.64. The van der Waals surface area contributed by atoms with Crippen molar-refractivity contribution < 1.29 is 19.4 Å². The minimum atomic E-state index is -0.913. The van der Waals surface area contributed by atoms with Crippen LogP contribution in [-0.4, -0.2) is 28.4 Å². The molecule has 0 aliphatic heterocycles. The fourth-order valence-electron chi connectivity index (χ4n) is 5.37. The molecule has 5 nitrogen and oxygen atoms in total. The van der Waals surface area contributed by atoms with Gasteiger partial charge in [0.2, 0.25) is 0 Å². The Morgan fingerprint density at radius 1 is 1.14 bits per heavy atom. The van der Waals surface area contributed by atoms with Gasteiger partial charge in [-0.1, -0.05) is 18.2 Å². The summed E-state index contributed by atoms with van der Waals surface area (Å²) in [5.41, 5.74) is 2.72. The molecule has 3 aromatic rings. The van der Waals surface area contributed by atoms with Gasteiger partial charge in [0.25, 0.3) is 0 Å². The second-order valence-corrected chi connectivity index (χ2v) is 8.39. The van der Waals surface area contributed by atoms with Crippen molar-refractivity contribution in [3.05, 3.63) is 53.7 Å². The number of carbonyl (C=O) groups is 1. The van der Waals surface area contributed by atoms with Crippen molar-refractivity contribution in [2.45, 2.75) is 44.6 Å². The molecule has 2 fully saturated rings. The van der Waals surface area contributed by atoms with Gasteiger partial charge in [0.1, 0.15) is 5.60 Å². The maximum absolute atomic E-state index is 11.9. The number of benzene rings is 2. The van der Waals surface area contributed by atoms with E-state index < -0.39 is 5.97 Å². The number of methoxy groups -OCH3 is 1. The van der Waals surface area contributed by atoms with E-state index in [9.17, 15) is 9.90 Å². The summed E-state index contributed by atoms with van der Waals surface area (Å²) in [7, 11) is 1.66. The van der Waals surface area contributed by atoms with E-state index in [2.05, 4.69) is 0 Å². The molecule has 1 N–H and O–H groups in total. The SMILES string of the molecule is COc1ccc(-n2c(C)c(C(=O)O)c3ccccc32)cc1OC12CCC(CC1)C2. The predicted molar refractivity (Wildman–Crippen MR) is 111 cm³/mol. The lowest BCUT2D eigenvalue weighted by Gasteiger charge is -2.29. The normalized spacial score (nSPS) is 22.9. The Morgan fingerprint density at radius 2 is 1.90 bits per heavy atom. The number of ether oxygens (including phenoxy) is 2. The average molecular weight is 391 g/mol. The molecular weight excluding hydrogens is 366 g/mol. The van der Waals surface area contributed by atoms with Crippen LogP contribution in [0.4, 0.5) is 0 Å². The second kappa shape index (κ2) is 6.55. The lowest BCUT2D eigenvalue weighted by molar-refractivity contribution is 0.0698. The van der Waals surface area contributed by atoms with E-state index in [1.54, 1.807) is 7.11 Å². The van der Waals surface area contributed by atoms with Crippen LogP contribution in [0, 0.1) is 12.8 Å². The van der Waals surface area contributed by atoms with E-state index in [1.807, 2.05) is 54.0 Å². The van der Waals surface area contributed by atoms with E-state index >= 15 is 0 Å². The monoisotopic (exact) mass is 391 g/mol. The number of aromatic carboxylic acids is 1. The molecule has 5 rings (SSSR count). The summed E-state index contributed by atoms with van der Waals surface area (Å²) in [6.45, 7) is 1.85. The van der Waals surface area contributed by atoms with Gasteiger partial charge < -0.3 is 19.1 Å². The topological polar surface area (TPSA) is 60.7 Å². The first-order valence-corrected chi connectivity index (χ1v) is 10.2. The maximum atomic E-state index is 11.9. The first-order chi connectivity index (χ1) is 14.0. The van der Waals surface area contributed by atoms with Crippen LogP contribution in [0.15, 0.2) is 42.5 Å². The lowest BCUT2D eigenvalue weighted by atomic mass is 9.97. The number of para-hydroxylation sites is 1. The van der Waals surface area contributed by atoms with E-state index in [0.717, 1.165) is 47.5 Å². The molecule has 0 amide bonds. The molecule has 2 aromatic carbocycles. The zero-order chi connectivity index (χ0) is 20.2. The Hall–Kier alpha value is -2.95. The van der Waals surface area contributed by atoms with Gasteiger partial charge in [-0.2, -0.15) is 0 Å². The molecule has 5 heteroatoms. The van der Waals surface area contributed by atoms with Gasteiger partial charge in [-0.25, -0.2) is 4.79 Å². The first-order valence-electron chi connectivity index (χ1n) is 10.2. The first kappa shape index (κ1) is 18.1. The quantitative estimate of drug-likeness (QED) is 0.636. The van der Waals surface area contributed by atoms with E-state index in [4.69, 9.17) is 9.47 Å². The Bertz CT molecular complexity index is 1110. The summed E-state index contributed by atoms with van der Waals surface area (Å²) < 4.78 is 14.2. The fraction of sp³-hybridized carbons (Fsp3) is 0.375. The van der Waals surface area contributed by atoms with E-state index in [1.165, 1.54) is 12.8 Å². The molecule has 2 bridgehead atoms. The molecule has 2 aliphatic rings. The number of fused-ring (bicyclic) bond motifs is 3. The third kappa shape index (κ3) is 2.79. The summed E-state index contributed by atoms with van der Waals surface area (Å²) >= 11 is 0. The number of aromatic nitrogens is 1. The van der Waals surface area contributed by atoms with Crippen LogP contribution in [0.3, 0.4) is 0 Å². The summed E-state index contributed by atoms with van der Waals surface area (Å²) in [6.07, 6.45) is 5.80. The van der Waals surface area contributed by atoms with Crippen LogP contribution in [0.1, 0.15) is 48.2 Å². The van der Waals surface area contributed by atoms with Crippen LogP contribution >= 0.6 is 0 Å². The van der Waals surface area contributed by atoms with Crippen LogP contribution in [0.5, 0.6) is 11.5 Å². The third-order valence-corrected chi connectivity index (χ3v) is 6.73. The standard InChI is InChI=1S/C24H25NO4/c1-15-22(23(26)27)18-5-3-4-6-19(18)25(15)17-7-8-20(28-2)21(13-17)29-24-11-9-16(14-24)10-12-24/h3-8,13,16H,9-12,14H2,1-2H3,(H,26,27). The average Bonchev–Trinajstić information content (AvgIpc) is 3.38. The smallest absolute Gasteiger partial charge is 0.338 e.